The zero-order valence-electron chi connectivity index (χ0n) is 34.3. The zero-order chi connectivity index (χ0) is 43.8. The number of carboxylic acid groups (broad SMARTS) is 1. The summed E-state index contributed by atoms with van der Waals surface area (Å²) in [5.41, 5.74) is 7.39. The van der Waals surface area contributed by atoms with Crippen LogP contribution in [0.5, 0.6) is 0 Å². The van der Waals surface area contributed by atoms with Gasteiger partial charge >= 0.3 is 5.97 Å². The van der Waals surface area contributed by atoms with E-state index in [0.29, 0.717) is 31.8 Å². The number of benzene rings is 1. The minimum Gasteiger partial charge on any atom is -0.481 e. The smallest absolute Gasteiger partial charge is 0.305 e. The third kappa shape index (κ3) is 14.7. The number of carbonyl (C=O) groups excluding carboxylic acids is 7. The van der Waals surface area contributed by atoms with Crippen molar-refractivity contribution in [1.29, 1.82) is 0 Å². The van der Waals surface area contributed by atoms with Gasteiger partial charge in [0.15, 0.2) is 0 Å². The number of H-pyrrole nitrogens is 1. The molecule has 21 heteroatoms. The Labute approximate surface area is 356 Å². The van der Waals surface area contributed by atoms with E-state index in [1.165, 1.54) is 40.3 Å². The topological polar surface area (TPSA) is 271 Å². The number of aliphatic carboxylic acids is 1. The number of morpholine rings is 1. The molecule has 19 nitrogen and oxygen atoms in total. The molecule has 1 aromatic carbocycles. The summed E-state index contributed by atoms with van der Waals surface area (Å²) >= 11 is 0. The van der Waals surface area contributed by atoms with Gasteiger partial charge in [-0.1, -0.05) is 39.8 Å². The molecule has 2 aliphatic heterocycles. The second-order valence-electron chi connectivity index (χ2n) is 15.3. The van der Waals surface area contributed by atoms with Crippen molar-refractivity contribution in [2.45, 2.75) is 82.6 Å². The number of rotatable bonds is 11. The molecule has 0 bridgehead atoms. The minimum atomic E-state index is -1.64. The lowest BCUT2D eigenvalue weighted by Crippen LogP contribution is -2.59. The SMILES string of the molecule is C[C@@H]1NC(=O)[C@H](CC(=O)O)NC(=O)CNC(=O)C(CCCC[N+]2(C)CCOCC2)NC(=O)CCSSC[C@@H](C(N)=O)NC(=O)[C@H](C)N(CCc2c[nH]c3ccccc23)C1=O. The van der Waals surface area contributed by atoms with Crippen molar-refractivity contribution >= 4 is 79.8 Å². The molecule has 0 aliphatic carbocycles. The summed E-state index contributed by atoms with van der Waals surface area (Å²) in [5, 5.41) is 23.2. The number of quaternary nitrogens is 1. The van der Waals surface area contributed by atoms with E-state index in [9.17, 15) is 43.5 Å². The number of nitrogens with zero attached hydrogens (tertiary/aromatic N) is 2. The first-order valence-corrected chi connectivity index (χ1v) is 22.5. The molecule has 3 heterocycles. The van der Waals surface area contributed by atoms with Gasteiger partial charge in [0.2, 0.25) is 41.4 Å². The van der Waals surface area contributed by atoms with Gasteiger partial charge in [-0.05, 0) is 51.2 Å². The molecule has 0 saturated carbocycles. The first-order valence-electron chi connectivity index (χ1n) is 20.1. The van der Waals surface area contributed by atoms with E-state index in [1.54, 1.807) is 6.20 Å². The molecule has 2 aliphatic rings. The molecule has 1 aromatic heterocycles. The summed E-state index contributed by atoms with van der Waals surface area (Å²) in [6.45, 7) is 6.16. The molecular weight excluding hydrogens is 819 g/mol. The van der Waals surface area contributed by atoms with Crippen LogP contribution in [0.2, 0.25) is 0 Å². The number of hydrogen-bond acceptors (Lipinski definition) is 11. The molecular formula is C39H58N9O10S2+. The average Bonchev–Trinajstić information content (AvgIpc) is 3.62. The van der Waals surface area contributed by atoms with Gasteiger partial charge in [-0.15, -0.1) is 0 Å². The van der Waals surface area contributed by atoms with Gasteiger partial charge in [0.1, 0.15) is 43.3 Å². The van der Waals surface area contributed by atoms with Gasteiger partial charge in [-0.25, -0.2) is 0 Å². The summed E-state index contributed by atoms with van der Waals surface area (Å²) in [5.74, 6) is -6.18. The zero-order valence-corrected chi connectivity index (χ0v) is 35.9. The highest BCUT2D eigenvalue weighted by atomic mass is 33.1. The van der Waals surface area contributed by atoms with E-state index >= 15 is 0 Å². The van der Waals surface area contributed by atoms with Crippen molar-refractivity contribution in [3.63, 3.8) is 0 Å². The molecule has 9 N–H and O–H groups in total. The molecule has 4 rings (SSSR count). The van der Waals surface area contributed by atoms with Crippen molar-refractivity contribution in [3.05, 3.63) is 36.0 Å². The molecule has 2 fully saturated rings. The number of aromatic nitrogens is 1. The number of primary amides is 1. The molecule has 330 valence electrons. The molecule has 7 amide bonds. The second kappa shape index (κ2) is 23.2. The number of carbonyl (C=O) groups is 8. The number of nitrogens with one attached hydrogen (secondary N) is 6. The van der Waals surface area contributed by atoms with Gasteiger partial charge in [-0.2, -0.15) is 0 Å². The van der Waals surface area contributed by atoms with Crippen LogP contribution >= 0.6 is 21.6 Å². The normalized spacial score (nSPS) is 24.7. The van der Waals surface area contributed by atoms with Gasteiger partial charge < -0.3 is 56.5 Å². The van der Waals surface area contributed by atoms with E-state index in [4.69, 9.17) is 10.5 Å². The highest BCUT2D eigenvalue weighted by molar-refractivity contribution is 8.76. The van der Waals surface area contributed by atoms with Crippen LogP contribution in [0.3, 0.4) is 0 Å². The highest BCUT2D eigenvalue weighted by Crippen LogP contribution is 2.23. The fraction of sp³-hybridized carbons (Fsp3) is 0.590. The van der Waals surface area contributed by atoms with E-state index in [0.717, 1.165) is 47.0 Å². The van der Waals surface area contributed by atoms with Crippen LogP contribution in [0.25, 0.3) is 10.9 Å². The number of fused-ring (bicyclic) bond motifs is 1. The van der Waals surface area contributed by atoms with Gasteiger partial charge in [-0.3, -0.25) is 38.4 Å². The van der Waals surface area contributed by atoms with E-state index in [1.807, 2.05) is 24.3 Å². The van der Waals surface area contributed by atoms with Gasteiger partial charge in [0, 0.05) is 41.6 Å². The lowest BCUT2D eigenvalue weighted by molar-refractivity contribution is -0.917. The monoisotopic (exact) mass is 876 g/mol. The fourth-order valence-electron chi connectivity index (χ4n) is 6.94. The molecule has 2 saturated heterocycles. The maximum absolute atomic E-state index is 14.1. The Bertz CT molecular complexity index is 1860. The molecule has 0 radical (unpaired) electrons. The van der Waals surface area contributed by atoms with Crippen molar-refractivity contribution in [1.82, 2.24) is 36.5 Å². The lowest BCUT2D eigenvalue weighted by atomic mass is 10.1. The summed E-state index contributed by atoms with van der Waals surface area (Å²) in [6, 6.07) is 1.31. The molecule has 2 aromatic rings. The summed E-state index contributed by atoms with van der Waals surface area (Å²) in [4.78, 5) is 109. The standard InChI is InChI=1S/C39H57N9O10S2/c1-24-39(57)47(13-11-26-21-41-28-9-5-4-8-27(26)28)25(2)36(54)46-31(35(40)53)23-60-59-19-12-32(49)44-29(10-6-7-14-48(3)15-17-58-18-16-48)37(55)42-22-33(50)45-30(20-34(51)52)38(56)43-24/h4-5,8-9,21,24-25,29-31,41H,6-7,10-20,22-23H2,1-3H3,(H7-,40,42,43,44,45,46,49,50,51,52,53,54,55,56)/p+1/t24-,25-,29?,30-,31-/m0/s1. The van der Waals surface area contributed by atoms with Gasteiger partial charge in [0.05, 0.1) is 39.8 Å². The Morgan fingerprint density at radius 1 is 0.917 bits per heavy atom. The van der Waals surface area contributed by atoms with Crippen molar-refractivity contribution in [2.24, 2.45) is 5.73 Å². The first kappa shape index (κ1) is 47.8. The van der Waals surface area contributed by atoms with Crippen LogP contribution in [-0.2, 0) is 49.5 Å². The Morgan fingerprint density at radius 3 is 2.35 bits per heavy atom. The summed E-state index contributed by atoms with van der Waals surface area (Å²) < 4.78 is 6.31. The van der Waals surface area contributed by atoms with E-state index in [-0.39, 0.29) is 25.1 Å². The number of ether oxygens (including phenoxy) is 1. The fourth-order valence-corrected chi connectivity index (χ4v) is 9.11. The maximum atomic E-state index is 14.1. The molecule has 1 unspecified atom stereocenters. The predicted molar refractivity (Wildman–Crippen MR) is 226 cm³/mol. The quantitative estimate of drug-likeness (QED) is 0.0799. The number of para-hydroxylation sites is 1. The highest BCUT2D eigenvalue weighted by Gasteiger charge is 2.34. The van der Waals surface area contributed by atoms with Gasteiger partial charge in [0.25, 0.3) is 0 Å². The third-order valence-corrected chi connectivity index (χ3v) is 13.1. The number of likely N-dealkylation sites (N-methyl/N-ethyl adjacent to an activating group) is 1. The maximum Gasteiger partial charge on any atom is 0.305 e. The third-order valence-electron chi connectivity index (χ3n) is 10.6. The number of nitrogens with two attached hydrogens (primary N) is 1. The predicted octanol–water partition coefficient (Wildman–Crippen LogP) is -0.605. The minimum absolute atomic E-state index is 0.00734. The first-order chi connectivity index (χ1) is 28.6. The number of hydrogen-bond donors (Lipinski definition) is 8. The van der Waals surface area contributed by atoms with Crippen LogP contribution in [0.1, 0.15) is 51.5 Å². The van der Waals surface area contributed by atoms with E-state index < -0.39 is 90.5 Å². The molecule has 0 spiro atoms. The van der Waals surface area contributed by atoms with Crippen molar-refractivity contribution in [3.8, 4) is 0 Å². The number of amides is 7. The molecule has 60 heavy (non-hydrogen) atoms. The molecule has 5 atom stereocenters. The number of carboxylic acids is 1. The van der Waals surface area contributed by atoms with Crippen LogP contribution in [0, 0.1) is 0 Å². The number of unbranched alkanes of at least 4 members (excludes halogenated alkanes) is 1. The average molecular weight is 877 g/mol. The van der Waals surface area contributed by atoms with Crippen molar-refractivity contribution < 1.29 is 52.7 Å². The summed E-state index contributed by atoms with van der Waals surface area (Å²) in [7, 11) is 4.63. The lowest BCUT2D eigenvalue weighted by Gasteiger charge is -2.37. The Morgan fingerprint density at radius 2 is 1.63 bits per heavy atom. The van der Waals surface area contributed by atoms with Crippen LogP contribution < -0.4 is 32.3 Å². The Hall–Kier alpha value is -4.86. The van der Waals surface area contributed by atoms with E-state index in [2.05, 4.69) is 38.6 Å². The summed E-state index contributed by atoms with van der Waals surface area (Å²) in [6.07, 6.45) is 2.91. The number of aromatic amines is 1. The Kier molecular flexibility index (Phi) is 18.5. The van der Waals surface area contributed by atoms with Crippen LogP contribution in [-0.4, -0.2) is 161 Å². The van der Waals surface area contributed by atoms with Crippen LogP contribution in [0.15, 0.2) is 30.5 Å². The van der Waals surface area contributed by atoms with Crippen LogP contribution in [0.4, 0.5) is 0 Å². The largest absolute Gasteiger partial charge is 0.481 e. The second-order valence-corrected chi connectivity index (χ2v) is 17.9. The Balaban J connectivity index is 1.53. The van der Waals surface area contributed by atoms with Crippen molar-refractivity contribution in [2.75, 3.05) is 64.5 Å².